The number of nitrogens with one attached hydrogen (secondary N) is 1. The van der Waals surface area contributed by atoms with Crippen molar-refractivity contribution in [1.82, 2.24) is 14.5 Å². The summed E-state index contributed by atoms with van der Waals surface area (Å²) < 4.78 is 2.02. The van der Waals surface area contributed by atoms with E-state index in [1.807, 2.05) is 41.4 Å². The monoisotopic (exact) mass is 233 g/mol. The topological polar surface area (TPSA) is 33.6 Å². The van der Waals surface area contributed by atoms with E-state index >= 15 is 0 Å². The first-order chi connectivity index (χ1) is 8.92. The second-order valence-corrected chi connectivity index (χ2v) is 4.35. The first-order valence-corrected chi connectivity index (χ1v) is 5.92. The maximum absolute atomic E-state index is 4.48. The summed E-state index contributed by atoms with van der Waals surface area (Å²) in [6.45, 7) is 0. The molecule has 1 aromatic carbocycles. The van der Waals surface area contributed by atoms with Crippen LogP contribution in [-0.4, -0.2) is 14.5 Å². The van der Waals surface area contributed by atoms with Crippen LogP contribution in [0.1, 0.15) is 0 Å². The molecule has 0 amide bonds. The zero-order valence-electron chi connectivity index (χ0n) is 9.67. The molecule has 0 saturated carbocycles. The molecule has 3 nitrogen and oxygen atoms in total. The van der Waals surface area contributed by atoms with Gasteiger partial charge in [-0.15, -0.1) is 0 Å². The fourth-order valence-corrected chi connectivity index (χ4v) is 2.37. The Morgan fingerprint density at radius 1 is 0.889 bits per heavy atom. The number of aromatic amines is 1. The van der Waals surface area contributed by atoms with Gasteiger partial charge in [0, 0.05) is 28.7 Å². The molecule has 1 N–H and O–H groups in total. The Hall–Kier alpha value is -2.55. The molecule has 0 radical (unpaired) electrons. The van der Waals surface area contributed by atoms with E-state index in [0.717, 1.165) is 16.9 Å². The van der Waals surface area contributed by atoms with Crippen LogP contribution in [-0.2, 0) is 0 Å². The summed E-state index contributed by atoms with van der Waals surface area (Å²) in [7, 11) is 0. The van der Waals surface area contributed by atoms with Gasteiger partial charge in [0.1, 0.15) is 5.82 Å². The molecule has 0 unspecified atom stereocenters. The Bertz CT molecular complexity index is 825. The van der Waals surface area contributed by atoms with E-state index in [9.17, 15) is 0 Å². The van der Waals surface area contributed by atoms with Crippen molar-refractivity contribution >= 4 is 21.8 Å². The maximum atomic E-state index is 4.48. The molecule has 0 atom stereocenters. The summed E-state index contributed by atoms with van der Waals surface area (Å²) in [6, 6.07) is 14.4. The zero-order valence-corrected chi connectivity index (χ0v) is 9.67. The minimum Gasteiger partial charge on any atom is -0.353 e. The van der Waals surface area contributed by atoms with Gasteiger partial charge in [0.05, 0.1) is 11.7 Å². The molecular weight excluding hydrogens is 222 g/mol. The third-order valence-corrected chi connectivity index (χ3v) is 3.25. The van der Waals surface area contributed by atoms with Crippen molar-refractivity contribution in [2.45, 2.75) is 0 Å². The third kappa shape index (κ3) is 1.27. The average Bonchev–Trinajstić information content (AvgIpc) is 3.05. The molecule has 4 rings (SSSR count). The van der Waals surface area contributed by atoms with Gasteiger partial charge in [-0.3, -0.25) is 0 Å². The van der Waals surface area contributed by atoms with Gasteiger partial charge in [0.15, 0.2) is 0 Å². The molecule has 3 heteroatoms. The zero-order chi connectivity index (χ0) is 11.9. The molecule has 0 saturated heterocycles. The summed E-state index contributed by atoms with van der Waals surface area (Å²) in [5.41, 5.74) is 2.23. The van der Waals surface area contributed by atoms with Gasteiger partial charge in [-0.05, 0) is 24.3 Å². The van der Waals surface area contributed by atoms with E-state index in [-0.39, 0.29) is 0 Å². The van der Waals surface area contributed by atoms with Gasteiger partial charge in [-0.2, -0.15) is 0 Å². The Balaban J connectivity index is 2.07. The van der Waals surface area contributed by atoms with Crippen molar-refractivity contribution in [3.63, 3.8) is 0 Å². The number of fused-ring (bicyclic) bond motifs is 3. The van der Waals surface area contributed by atoms with E-state index in [1.54, 1.807) is 0 Å². The highest BCUT2D eigenvalue weighted by molar-refractivity contribution is 6.07. The molecule has 0 spiro atoms. The van der Waals surface area contributed by atoms with Crippen LogP contribution in [0.15, 0.2) is 61.1 Å². The number of hydrogen-bond donors (Lipinski definition) is 1. The molecule has 3 aromatic heterocycles. The van der Waals surface area contributed by atoms with Crippen molar-refractivity contribution in [3.05, 3.63) is 61.1 Å². The van der Waals surface area contributed by atoms with Crippen molar-refractivity contribution < 1.29 is 0 Å². The highest BCUT2D eigenvalue weighted by Gasteiger charge is 2.05. The molecule has 4 aromatic rings. The van der Waals surface area contributed by atoms with Crippen molar-refractivity contribution in [2.75, 3.05) is 0 Å². The molecule has 0 aliphatic carbocycles. The number of rotatable bonds is 1. The predicted molar refractivity (Wildman–Crippen MR) is 72.9 cm³/mol. The number of pyridine rings is 1. The number of hydrogen-bond acceptors (Lipinski definition) is 1. The van der Waals surface area contributed by atoms with Gasteiger partial charge in [-0.1, -0.05) is 18.2 Å². The summed E-state index contributed by atoms with van der Waals surface area (Å²) in [5, 5.41) is 2.45. The number of benzene rings is 1. The van der Waals surface area contributed by atoms with Gasteiger partial charge in [0.25, 0.3) is 0 Å². The molecular formula is C15H11N3. The van der Waals surface area contributed by atoms with Gasteiger partial charge in [-0.25, -0.2) is 4.98 Å². The highest BCUT2D eigenvalue weighted by atomic mass is 15.0. The molecule has 18 heavy (non-hydrogen) atoms. The first-order valence-electron chi connectivity index (χ1n) is 5.92. The van der Waals surface area contributed by atoms with Crippen LogP contribution in [0, 0.1) is 0 Å². The van der Waals surface area contributed by atoms with Crippen LogP contribution in [0.25, 0.3) is 27.6 Å². The Kier molecular flexibility index (Phi) is 1.83. The van der Waals surface area contributed by atoms with Crippen molar-refractivity contribution in [2.24, 2.45) is 0 Å². The number of nitrogens with zero attached hydrogens (tertiary/aromatic N) is 2. The fourth-order valence-electron chi connectivity index (χ4n) is 2.37. The Labute approximate surface area is 104 Å². The lowest BCUT2D eigenvalue weighted by atomic mass is 10.2. The molecule has 86 valence electrons. The summed E-state index contributed by atoms with van der Waals surface area (Å²) >= 11 is 0. The first kappa shape index (κ1) is 9.48. The van der Waals surface area contributed by atoms with Crippen molar-refractivity contribution in [3.8, 4) is 5.82 Å². The standard InChI is InChI=1S/C15H11N3/c1-2-6-13-11(5-1)12-9-15(16-10-14(12)17-13)18-7-3-4-8-18/h1-10,17H. The predicted octanol–water partition coefficient (Wildman–Crippen LogP) is 3.51. The molecule has 0 bridgehead atoms. The van der Waals surface area contributed by atoms with Crippen LogP contribution in [0.4, 0.5) is 0 Å². The molecule has 0 aliphatic rings. The smallest absolute Gasteiger partial charge is 0.137 e. The minimum absolute atomic E-state index is 0.942. The normalized spacial score (nSPS) is 11.3. The maximum Gasteiger partial charge on any atom is 0.137 e. The molecule has 3 heterocycles. The lowest BCUT2D eigenvalue weighted by Crippen LogP contribution is -1.92. The second kappa shape index (κ2) is 3.47. The van der Waals surface area contributed by atoms with Gasteiger partial charge in [0.2, 0.25) is 0 Å². The Morgan fingerprint density at radius 2 is 1.72 bits per heavy atom. The largest absolute Gasteiger partial charge is 0.353 e. The lowest BCUT2D eigenvalue weighted by Gasteiger charge is -2.01. The summed E-state index contributed by atoms with van der Waals surface area (Å²) in [4.78, 5) is 7.86. The minimum atomic E-state index is 0.942. The van der Waals surface area contributed by atoms with Crippen LogP contribution < -0.4 is 0 Å². The summed E-state index contributed by atoms with van der Waals surface area (Å²) in [5.74, 6) is 0.942. The SMILES string of the molecule is c1ccc2c(c1)[nH]c1cnc(-n3cccc3)cc12. The Morgan fingerprint density at radius 3 is 2.61 bits per heavy atom. The van der Waals surface area contributed by atoms with E-state index in [0.29, 0.717) is 0 Å². The highest BCUT2D eigenvalue weighted by Crippen LogP contribution is 2.25. The van der Waals surface area contributed by atoms with Crippen LogP contribution in [0.2, 0.25) is 0 Å². The quantitative estimate of drug-likeness (QED) is 0.536. The number of para-hydroxylation sites is 1. The number of H-pyrrole nitrogens is 1. The van der Waals surface area contributed by atoms with E-state index in [2.05, 4.69) is 34.2 Å². The molecule has 0 aliphatic heterocycles. The van der Waals surface area contributed by atoms with Gasteiger partial charge >= 0.3 is 0 Å². The van der Waals surface area contributed by atoms with E-state index < -0.39 is 0 Å². The van der Waals surface area contributed by atoms with Crippen molar-refractivity contribution in [1.29, 1.82) is 0 Å². The lowest BCUT2D eigenvalue weighted by molar-refractivity contribution is 1.01. The third-order valence-electron chi connectivity index (χ3n) is 3.25. The average molecular weight is 233 g/mol. The number of aromatic nitrogens is 3. The van der Waals surface area contributed by atoms with Gasteiger partial charge < -0.3 is 9.55 Å². The van der Waals surface area contributed by atoms with Crippen LogP contribution >= 0.6 is 0 Å². The second-order valence-electron chi connectivity index (χ2n) is 4.35. The van der Waals surface area contributed by atoms with Crippen LogP contribution in [0.5, 0.6) is 0 Å². The van der Waals surface area contributed by atoms with E-state index in [4.69, 9.17) is 0 Å². The molecule has 0 fully saturated rings. The summed E-state index contributed by atoms with van der Waals surface area (Å²) in [6.07, 6.45) is 5.90. The van der Waals surface area contributed by atoms with E-state index in [1.165, 1.54) is 10.8 Å². The fraction of sp³-hybridized carbons (Fsp3) is 0. The van der Waals surface area contributed by atoms with Crippen LogP contribution in [0.3, 0.4) is 0 Å².